The maximum absolute atomic E-state index is 13.5. The van der Waals surface area contributed by atoms with Crippen LogP contribution in [-0.2, 0) is 49.5 Å². The zero-order valence-corrected chi connectivity index (χ0v) is 40.0. The minimum Gasteiger partial charge on any atom is -0.494 e. The van der Waals surface area contributed by atoms with Gasteiger partial charge in [-0.15, -0.1) is 0 Å². The number of amides is 2. The van der Waals surface area contributed by atoms with Crippen LogP contribution in [0.3, 0.4) is 0 Å². The van der Waals surface area contributed by atoms with E-state index in [1.807, 2.05) is 73.6 Å². The van der Waals surface area contributed by atoms with E-state index < -0.39 is 11.4 Å². The smallest absolute Gasteiger partial charge is 0.309 e. The molecule has 2 bridgehead atoms. The van der Waals surface area contributed by atoms with E-state index in [1.54, 1.807) is 7.11 Å². The molecule has 1 aliphatic heterocycles. The quantitative estimate of drug-likeness (QED) is 0.0467. The zero-order chi connectivity index (χ0) is 47.3. The second-order valence-corrected chi connectivity index (χ2v) is 18.2. The summed E-state index contributed by atoms with van der Waals surface area (Å²) in [6.07, 6.45) is 13.0. The Labute approximate surface area is 385 Å². The van der Waals surface area contributed by atoms with E-state index in [1.165, 1.54) is 5.69 Å². The molecule has 3 aliphatic rings. The average Bonchev–Trinajstić information content (AvgIpc) is 4.06. The molecule has 2 amide bonds. The number of imidazole rings is 2. The number of nitrogens with two attached hydrogens (primary N) is 1. The number of rotatable bonds is 19. The van der Waals surface area contributed by atoms with Crippen molar-refractivity contribution in [3.05, 3.63) is 76.4 Å². The number of nitrogens with one attached hydrogen (secondary N) is 3. The van der Waals surface area contributed by atoms with Gasteiger partial charge in [-0.2, -0.15) is 0 Å². The molecule has 2 fully saturated rings. The maximum atomic E-state index is 13.5. The molecule has 15 nitrogen and oxygen atoms in total. The second-order valence-electron chi connectivity index (χ2n) is 18.2. The van der Waals surface area contributed by atoms with Crippen LogP contribution in [0.4, 0.5) is 11.4 Å². The molecule has 2 aromatic carbocycles. The zero-order valence-electron chi connectivity index (χ0n) is 40.0. The lowest BCUT2D eigenvalue weighted by Crippen LogP contribution is -2.34. The van der Waals surface area contributed by atoms with Crippen molar-refractivity contribution < 1.29 is 29.0 Å². The number of carbonyl (C=O) groups excluding carboxylic acids is 3. The number of carboxylic acid groups (broad SMARTS) is 1. The normalized spacial score (nSPS) is 18.9. The predicted molar refractivity (Wildman–Crippen MR) is 257 cm³/mol. The van der Waals surface area contributed by atoms with E-state index in [0.717, 1.165) is 167 Å². The minimum absolute atomic E-state index is 0.179. The Morgan fingerprint density at radius 3 is 2.31 bits per heavy atom. The van der Waals surface area contributed by atoms with Crippen molar-refractivity contribution in [2.75, 3.05) is 51.0 Å². The van der Waals surface area contributed by atoms with E-state index in [2.05, 4.69) is 46.6 Å². The molecule has 3 heterocycles. The Morgan fingerprint density at radius 1 is 1.00 bits per heavy atom. The first-order valence-electron chi connectivity index (χ1n) is 23.4. The molecule has 2 aliphatic carbocycles. The molecule has 354 valence electrons. The van der Waals surface area contributed by atoms with E-state index in [4.69, 9.17) is 15.5 Å². The highest BCUT2D eigenvalue weighted by atomic mass is 16.5. The van der Waals surface area contributed by atoms with Gasteiger partial charge in [0, 0.05) is 69.8 Å². The lowest BCUT2D eigenvalue weighted by atomic mass is 9.80. The number of aromatic nitrogens is 4. The molecule has 65 heavy (non-hydrogen) atoms. The van der Waals surface area contributed by atoms with Gasteiger partial charge < -0.3 is 40.7 Å². The molecular formula is C50H73N9O6. The van der Waals surface area contributed by atoms with Crippen LogP contribution in [0, 0.1) is 23.7 Å². The highest BCUT2D eigenvalue weighted by molar-refractivity contribution is 6.03. The fraction of sp³-hybridized carbons (Fsp3) is 0.560. The van der Waals surface area contributed by atoms with E-state index in [-0.39, 0.29) is 11.3 Å². The van der Waals surface area contributed by atoms with Crippen LogP contribution in [0.1, 0.15) is 128 Å². The Kier molecular flexibility index (Phi) is 17.9. The number of ether oxygens (including phenoxy) is 1. The van der Waals surface area contributed by atoms with Crippen molar-refractivity contribution in [2.24, 2.45) is 36.6 Å². The van der Waals surface area contributed by atoms with Gasteiger partial charge in [-0.1, -0.05) is 51.5 Å². The highest BCUT2D eigenvalue weighted by Gasteiger charge is 2.57. The number of nitrogens with zero attached hydrogens (tertiary/aromatic N) is 5. The monoisotopic (exact) mass is 896 g/mol. The fourth-order valence-electron chi connectivity index (χ4n) is 10.1. The molecule has 0 saturated heterocycles. The number of fused-ring (bicyclic) bond motifs is 3. The summed E-state index contributed by atoms with van der Waals surface area (Å²) in [7, 11) is 7.36. The molecule has 1 atom stereocenters. The molecule has 2 saturated carbocycles. The van der Waals surface area contributed by atoms with Crippen molar-refractivity contribution in [3.63, 3.8) is 0 Å². The molecule has 0 radical (unpaired) electrons. The topological polar surface area (TPSA) is 199 Å². The fourth-order valence-corrected chi connectivity index (χ4v) is 10.1. The third-order valence-electron chi connectivity index (χ3n) is 14.1. The van der Waals surface area contributed by atoms with Crippen LogP contribution in [0.15, 0.2) is 36.4 Å². The highest BCUT2D eigenvalue weighted by Crippen LogP contribution is 2.63. The minimum atomic E-state index is -0.603. The number of hydrogen-bond donors (Lipinski definition) is 5. The van der Waals surface area contributed by atoms with E-state index in [0.29, 0.717) is 24.1 Å². The first kappa shape index (κ1) is 50.5. The number of hydrogen-bond acceptors (Lipinski definition) is 10. The van der Waals surface area contributed by atoms with Gasteiger partial charge >= 0.3 is 5.97 Å². The van der Waals surface area contributed by atoms with Gasteiger partial charge in [-0.05, 0) is 119 Å². The third kappa shape index (κ3) is 11.7. The largest absolute Gasteiger partial charge is 0.494 e. The Balaban J connectivity index is 0.000000283. The van der Waals surface area contributed by atoms with Crippen LogP contribution >= 0.6 is 0 Å². The predicted octanol–water partition coefficient (Wildman–Crippen LogP) is 7.34. The summed E-state index contributed by atoms with van der Waals surface area (Å²) in [4.78, 5) is 57.3. The van der Waals surface area contributed by atoms with Crippen LogP contribution < -0.4 is 26.4 Å². The van der Waals surface area contributed by atoms with Crippen molar-refractivity contribution in [3.8, 4) is 16.9 Å². The van der Waals surface area contributed by atoms with E-state index >= 15 is 0 Å². The Bertz CT molecular complexity index is 2260. The molecule has 1 unspecified atom stereocenters. The van der Waals surface area contributed by atoms with Gasteiger partial charge in [-0.25, -0.2) is 9.97 Å². The molecule has 0 spiro atoms. The van der Waals surface area contributed by atoms with Gasteiger partial charge in [0.05, 0.1) is 29.6 Å². The number of para-hydroxylation sites is 1. The molecular weight excluding hydrogens is 823 g/mol. The van der Waals surface area contributed by atoms with Crippen LogP contribution in [0.5, 0.6) is 5.75 Å². The summed E-state index contributed by atoms with van der Waals surface area (Å²) < 4.78 is 9.56. The van der Waals surface area contributed by atoms with Gasteiger partial charge in [0.15, 0.2) is 17.9 Å². The summed E-state index contributed by atoms with van der Waals surface area (Å²) in [5.74, 6) is 1.51. The summed E-state index contributed by atoms with van der Waals surface area (Å²) in [6, 6.07) is 11.9. The number of aliphatic carboxylic acids is 1. The lowest BCUT2D eigenvalue weighted by molar-refractivity contribution is -0.148. The molecule has 4 aromatic rings. The lowest BCUT2D eigenvalue weighted by Gasteiger charge is -2.32. The first-order chi connectivity index (χ1) is 31.2. The number of carboxylic acids is 1. The Morgan fingerprint density at radius 2 is 1.71 bits per heavy atom. The van der Waals surface area contributed by atoms with Crippen molar-refractivity contribution in [1.82, 2.24) is 29.3 Å². The van der Waals surface area contributed by atoms with Crippen molar-refractivity contribution in [1.29, 1.82) is 0 Å². The number of benzene rings is 2. The molecule has 6 N–H and O–H groups in total. The van der Waals surface area contributed by atoms with E-state index in [9.17, 15) is 24.3 Å². The summed E-state index contributed by atoms with van der Waals surface area (Å²) in [5, 5.41) is 18.7. The third-order valence-corrected chi connectivity index (χ3v) is 14.1. The van der Waals surface area contributed by atoms with Gasteiger partial charge in [-0.3, -0.25) is 24.1 Å². The number of aryl methyl sites for hydroxylation is 1. The maximum Gasteiger partial charge on any atom is 0.309 e. The van der Waals surface area contributed by atoms with Gasteiger partial charge in [0.1, 0.15) is 5.75 Å². The molecule has 7 rings (SSSR count). The first-order valence-corrected chi connectivity index (χ1v) is 23.4. The number of anilines is 2. The standard InChI is InChI=1S/C33H41N5O4.C10H16N2O.C7H16N2O/c1-21-22(23-8-6-10-25(34-2)28(23)42-4)7-5-9-24(21)36-30(39)29-35-26-19-38(17-11-27(26)37(29)3)18-16-32-12-14-33(20-32,15-13-32)31(40)41;1-4-6-9-8(5-2)11-10(7-13)12(9)3;1-7(2-4-8)3-5-9-6-10/h5-10,34H,11-20H2,1-4H3,(H,36,39)(H,40,41);7H,4-6H2,1-3H3;6-7H,2-5,8H2,1H3,(H,9,10). The van der Waals surface area contributed by atoms with Crippen molar-refractivity contribution >= 4 is 35.9 Å². The number of methoxy groups -OCH3 is 1. The molecule has 2 aromatic heterocycles. The van der Waals surface area contributed by atoms with Crippen LogP contribution in [-0.4, -0.2) is 94.0 Å². The van der Waals surface area contributed by atoms with Gasteiger partial charge in [0.25, 0.3) is 5.91 Å². The molecule has 15 heteroatoms. The summed E-state index contributed by atoms with van der Waals surface area (Å²) >= 11 is 0. The van der Waals surface area contributed by atoms with Crippen LogP contribution in [0.25, 0.3) is 11.1 Å². The van der Waals surface area contributed by atoms with Gasteiger partial charge in [0.2, 0.25) is 6.41 Å². The summed E-state index contributed by atoms with van der Waals surface area (Å²) in [6.45, 7) is 12.4. The Hall–Kier alpha value is -5.54. The second kappa shape index (κ2) is 23.1. The van der Waals surface area contributed by atoms with Crippen LogP contribution in [0.2, 0.25) is 0 Å². The average molecular weight is 896 g/mol. The number of aldehydes is 1. The SMILES string of the molecule is CC(CCN)CCNC=O.CCCc1c(CC)nc(C=O)n1C.CNc1cccc(-c2cccc(NC(=O)c3nc4c(n3C)CCN(CCC35CCC(C(=O)O)(CC3)C5)C4)c2C)c1OC. The number of carbonyl (C=O) groups is 4. The summed E-state index contributed by atoms with van der Waals surface area (Å²) in [5.41, 5.74) is 13.9. The van der Waals surface area contributed by atoms with Crippen molar-refractivity contribution in [2.45, 2.75) is 111 Å².